The van der Waals surface area contributed by atoms with Crippen molar-refractivity contribution >= 4 is 39.1 Å². The van der Waals surface area contributed by atoms with E-state index in [9.17, 15) is 20.2 Å². The minimum atomic E-state index is -0.634. The van der Waals surface area contributed by atoms with Crippen LogP contribution in [0.2, 0.25) is 0 Å². The SMILES string of the molecule is O=[N+]([O-])c1cc(CSc2nnc(-c3ccc(Br)cc3)n2Cc2ccccc2)cc([N+](=O)[O-])c1. The summed E-state index contributed by atoms with van der Waals surface area (Å²) in [6.07, 6.45) is 0. The Bertz CT molecular complexity index is 1280. The van der Waals surface area contributed by atoms with Gasteiger partial charge in [0.1, 0.15) is 0 Å². The van der Waals surface area contributed by atoms with E-state index in [1.807, 2.05) is 59.2 Å². The van der Waals surface area contributed by atoms with Crippen LogP contribution in [-0.4, -0.2) is 24.6 Å². The molecule has 3 aromatic carbocycles. The Hall–Kier alpha value is -3.57. The molecule has 0 saturated carbocycles. The van der Waals surface area contributed by atoms with Crippen LogP contribution in [0.3, 0.4) is 0 Å². The summed E-state index contributed by atoms with van der Waals surface area (Å²) in [5.41, 5.74) is 1.77. The molecule has 0 aliphatic rings. The summed E-state index contributed by atoms with van der Waals surface area (Å²) >= 11 is 4.75. The largest absolute Gasteiger partial charge is 0.298 e. The Morgan fingerprint density at radius 2 is 1.48 bits per heavy atom. The smallest absolute Gasteiger partial charge is 0.276 e. The van der Waals surface area contributed by atoms with E-state index in [-0.39, 0.29) is 17.1 Å². The minimum absolute atomic E-state index is 0.260. The highest BCUT2D eigenvalue weighted by atomic mass is 79.9. The number of non-ortho nitro benzene ring substituents is 2. The van der Waals surface area contributed by atoms with Gasteiger partial charge in [-0.2, -0.15) is 0 Å². The third kappa shape index (κ3) is 5.44. The molecule has 0 N–H and O–H groups in total. The fourth-order valence-electron chi connectivity index (χ4n) is 3.21. The van der Waals surface area contributed by atoms with Gasteiger partial charge < -0.3 is 0 Å². The second-order valence-electron chi connectivity index (χ2n) is 7.05. The van der Waals surface area contributed by atoms with E-state index in [0.717, 1.165) is 21.7 Å². The quantitative estimate of drug-likeness (QED) is 0.160. The van der Waals surface area contributed by atoms with Gasteiger partial charge in [-0.25, -0.2) is 0 Å². The van der Waals surface area contributed by atoms with E-state index in [1.165, 1.54) is 23.9 Å². The lowest BCUT2D eigenvalue weighted by molar-refractivity contribution is -0.394. The standard InChI is InChI=1S/C22H16BrN5O4S/c23-18-8-6-17(7-9-18)21-24-25-22(26(21)13-15-4-2-1-3-5-15)33-14-16-10-19(27(29)30)12-20(11-16)28(31)32/h1-12H,13-14H2. The zero-order chi connectivity index (χ0) is 23.4. The predicted octanol–water partition coefficient (Wildman–Crippen LogP) is 5.86. The molecule has 0 saturated heterocycles. The van der Waals surface area contributed by atoms with Crippen molar-refractivity contribution in [3.05, 3.63) is 109 Å². The lowest BCUT2D eigenvalue weighted by Crippen LogP contribution is -2.04. The van der Waals surface area contributed by atoms with Gasteiger partial charge in [0.15, 0.2) is 11.0 Å². The predicted molar refractivity (Wildman–Crippen MR) is 128 cm³/mol. The number of nitro groups is 2. The van der Waals surface area contributed by atoms with Crippen LogP contribution in [0.4, 0.5) is 11.4 Å². The van der Waals surface area contributed by atoms with Gasteiger partial charge in [-0.15, -0.1) is 10.2 Å². The molecule has 0 unspecified atom stereocenters. The van der Waals surface area contributed by atoms with Crippen molar-refractivity contribution in [3.63, 3.8) is 0 Å². The van der Waals surface area contributed by atoms with Crippen molar-refractivity contribution in [2.24, 2.45) is 0 Å². The Morgan fingerprint density at radius 1 is 0.848 bits per heavy atom. The summed E-state index contributed by atoms with van der Waals surface area (Å²) in [5, 5.41) is 31.7. The van der Waals surface area contributed by atoms with Gasteiger partial charge in [-0.3, -0.25) is 24.8 Å². The first-order valence-electron chi connectivity index (χ1n) is 9.69. The third-order valence-corrected chi connectivity index (χ3v) is 6.32. The molecular formula is C22H16BrN5O4S. The van der Waals surface area contributed by atoms with E-state index >= 15 is 0 Å². The molecule has 0 radical (unpaired) electrons. The highest BCUT2D eigenvalue weighted by molar-refractivity contribution is 9.10. The molecule has 0 aliphatic heterocycles. The first-order valence-corrected chi connectivity index (χ1v) is 11.5. The van der Waals surface area contributed by atoms with E-state index in [4.69, 9.17) is 0 Å². The van der Waals surface area contributed by atoms with Gasteiger partial charge in [-0.1, -0.05) is 70.2 Å². The number of nitro benzene ring substituents is 2. The third-order valence-electron chi connectivity index (χ3n) is 4.75. The number of thioether (sulfide) groups is 1. The van der Waals surface area contributed by atoms with Crippen LogP contribution in [0.25, 0.3) is 11.4 Å². The average Bonchev–Trinajstić information content (AvgIpc) is 3.21. The van der Waals surface area contributed by atoms with Gasteiger partial charge in [-0.05, 0) is 23.3 Å². The van der Waals surface area contributed by atoms with Crippen LogP contribution in [0.5, 0.6) is 0 Å². The fourth-order valence-corrected chi connectivity index (χ4v) is 4.35. The van der Waals surface area contributed by atoms with Crippen molar-refractivity contribution < 1.29 is 9.85 Å². The van der Waals surface area contributed by atoms with Gasteiger partial charge in [0.05, 0.1) is 22.5 Å². The maximum absolute atomic E-state index is 11.2. The number of nitrogens with zero attached hydrogens (tertiary/aromatic N) is 5. The van der Waals surface area contributed by atoms with E-state index in [0.29, 0.717) is 23.1 Å². The summed E-state index contributed by atoms with van der Waals surface area (Å²) in [5.74, 6) is 0.939. The molecule has 0 spiro atoms. The molecule has 33 heavy (non-hydrogen) atoms. The van der Waals surface area contributed by atoms with Crippen molar-refractivity contribution in [3.8, 4) is 11.4 Å². The fraction of sp³-hybridized carbons (Fsp3) is 0.0909. The molecular weight excluding hydrogens is 510 g/mol. The Kier molecular flexibility index (Phi) is 6.80. The lowest BCUT2D eigenvalue weighted by atomic mass is 10.2. The van der Waals surface area contributed by atoms with Crippen LogP contribution in [0.1, 0.15) is 11.1 Å². The zero-order valence-electron chi connectivity index (χ0n) is 17.0. The van der Waals surface area contributed by atoms with Crippen LogP contribution in [-0.2, 0) is 12.3 Å². The molecule has 0 aliphatic carbocycles. The number of halogens is 1. The molecule has 1 heterocycles. The average molecular weight is 526 g/mol. The number of rotatable bonds is 8. The molecule has 4 aromatic rings. The van der Waals surface area contributed by atoms with Gasteiger partial charge in [0, 0.05) is 27.9 Å². The first-order chi connectivity index (χ1) is 15.9. The molecule has 9 nitrogen and oxygen atoms in total. The van der Waals surface area contributed by atoms with Crippen LogP contribution >= 0.6 is 27.7 Å². The summed E-state index contributed by atoms with van der Waals surface area (Å²) < 4.78 is 2.91. The van der Waals surface area contributed by atoms with Gasteiger partial charge in [0.25, 0.3) is 11.4 Å². The Morgan fingerprint density at radius 3 is 2.09 bits per heavy atom. The monoisotopic (exact) mass is 525 g/mol. The van der Waals surface area contributed by atoms with Gasteiger partial charge in [0.2, 0.25) is 0 Å². The number of aromatic nitrogens is 3. The summed E-state index contributed by atoms with van der Waals surface area (Å²) in [4.78, 5) is 21.1. The maximum atomic E-state index is 11.2. The summed E-state index contributed by atoms with van der Waals surface area (Å²) in [6, 6.07) is 21.2. The molecule has 4 rings (SSSR count). The van der Waals surface area contributed by atoms with Crippen molar-refractivity contribution in [1.29, 1.82) is 0 Å². The highest BCUT2D eigenvalue weighted by Crippen LogP contribution is 2.30. The maximum Gasteiger partial charge on any atom is 0.276 e. The summed E-state index contributed by atoms with van der Waals surface area (Å²) in [6.45, 7) is 0.524. The van der Waals surface area contributed by atoms with E-state index < -0.39 is 9.85 Å². The first kappa shape index (κ1) is 22.6. The minimum Gasteiger partial charge on any atom is -0.298 e. The Balaban J connectivity index is 1.67. The normalized spacial score (nSPS) is 10.8. The van der Waals surface area contributed by atoms with Crippen LogP contribution in [0, 0.1) is 20.2 Å². The van der Waals surface area contributed by atoms with Crippen molar-refractivity contribution in [2.75, 3.05) is 0 Å². The number of hydrogen-bond donors (Lipinski definition) is 0. The number of hydrogen-bond acceptors (Lipinski definition) is 7. The summed E-state index contributed by atoms with van der Waals surface area (Å²) in [7, 11) is 0. The molecule has 0 atom stereocenters. The molecule has 0 bridgehead atoms. The molecule has 166 valence electrons. The molecule has 0 fully saturated rings. The van der Waals surface area contributed by atoms with E-state index in [2.05, 4.69) is 26.1 Å². The second-order valence-corrected chi connectivity index (χ2v) is 8.90. The highest BCUT2D eigenvalue weighted by Gasteiger charge is 2.19. The van der Waals surface area contributed by atoms with E-state index in [1.54, 1.807) is 0 Å². The lowest BCUT2D eigenvalue weighted by Gasteiger charge is -2.11. The van der Waals surface area contributed by atoms with Crippen molar-refractivity contribution in [2.45, 2.75) is 17.5 Å². The number of benzene rings is 3. The Labute approximate surface area is 200 Å². The van der Waals surface area contributed by atoms with Gasteiger partial charge >= 0.3 is 0 Å². The topological polar surface area (TPSA) is 117 Å². The molecule has 11 heteroatoms. The molecule has 0 amide bonds. The zero-order valence-corrected chi connectivity index (χ0v) is 19.4. The van der Waals surface area contributed by atoms with Crippen LogP contribution in [0.15, 0.2) is 82.4 Å². The van der Waals surface area contributed by atoms with Crippen molar-refractivity contribution in [1.82, 2.24) is 14.8 Å². The molecule has 1 aromatic heterocycles. The second kappa shape index (κ2) is 9.92. The van der Waals surface area contributed by atoms with Crippen LogP contribution < -0.4 is 0 Å².